The molecule has 0 aromatic heterocycles. The van der Waals surface area contributed by atoms with Crippen LogP contribution in [0.1, 0.15) is 39.2 Å². The summed E-state index contributed by atoms with van der Waals surface area (Å²) in [5.41, 5.74) is 2.11. The number of hydrogen-bond donors (Lipinski definition) is 1. The molecule has 0 spiro atoms. The number of aliphatic hydroxyl groups is 1. The monoisotopic (exact) mass is 218 g/mol. The molecule has 0 heterocycles. The zero-order valence-electron chi connectivity index (χ0n) is 10.5. The van der Waals surface area contributed by atoms with Crippen LogP contribution in [0.5, 0.6) is 0 Å². The highest BCUT2D eigenvalue weighted by atomic mass is 16.3. The van der Waals surface area contributed by atoms with Crippen LogP contribution in [-0.2, 0) is 5.41 Å². The number of rotatable bonds is 5. The molecule has 1 rings (SSSR count). The van der Waals surface area contributed by atoms with E-state index in [4.69, 9.17) is 0 Å². The smallest absolute Gasteiger partial charge is 0.0634 e. The molecule has 1 N–H and O–H groups in total. The molecule has 0 fully saturated rings. The molecule has 16 heavy (non-hydrogen) atoms. The fraction of sp³-hybridized carbons (Fsp3) is 0.467. The van der Waals surface area contributed by atoms with E-state index in [2.05, 4.69) is 32.6 Å². The minimum atomic E-state index is -0.327. The second kappa shape index (κ2) is 5.31. The molecular formula is C15H22O. The molecule has 88 valence electrons. The summed E-state index contributed by atoms with van der Waals surface area (Å²) in [6.45, 7) is 10.1. The lowest BCUT2D eigenvalue weighted by atomic mass is 9.77. The molecule has 1 aromatic carbocycles. The van der Waals surface area contributed by atoms with E-state index in [-0.39, 0.29) is 11.5 Å². The van der Waals surface area contributed by atoms with Crippen LogP contribution in [0.25, 0.3) is 0 Å². The van der Waals surface area contributed by atoms with Gasteiger partial charge in [0.05, 0.1) is 6.10 Å². The van der Waals surface area contributed by atoms with Crippen molar-refractivity contribution in [3.05, 3.63) is 48.0 Å². The summed E-state index contributed by atoms with van der Waals surface area (Å²) in [5.74, 6) is 0. The third-order valence-electron chi connectivity index (χ3n) is 3.20. The molecule has 1 nitrogen and oxygen atoms in total. The second-order valence-corrected chi connectivity index (χ2v) is 5.10. The van der Waals surface area contributed by atoms with Gasteiger partial charge in [0.15, 0.2) is 0 Å². The molecule has 0 aliphatic carbocycles. The first-order valence-corrected chi connectivity index (χ1v) is 5.82. The molecule has 1 heteroatoms. The van der Waals surface area contributed by atoms with Crippen molar-refractivity contribution in [2.24, 2.45) is 0 Å². The van der Waals surface area contributed by atoms with Gasteiger partial charge in [0, 0.05) is 5.41 Å². The molecule has 0 amide bonds. The summed E-state index contributed by atoms with van der Waals surface area (Å²) in [6, 6.07) is 10.2. The van der Waals surface area contributed by atoms with E-state index in [1.807, 2.05) is 25.1 Å². The average molecular weight is 218 g/mol. The van der Waals surface area contributed by atoms with Gasteiger partial charge in [0.2, 0.25) is 0 Å². The van der Waals surface area contributed by atoms with Crippen LogP contribution in [0, 0.1) is 0 Å². The van der Waals surface area contributed by atoms with Crippen LogP contribution in [-0.4, -0.2) is 11.2 Å². The van der Waals surface area contributed by atoms with Gasteiger partial charge in [-0.15, -0.1) is 6.58 Å². The van der Waals surface area contributed by atoms with E-state index in [1.54, 1.807) is 0 Å². The third-order valence-corrected chi connectivity index (χ3v) is 3.20. The number of allylic oxidation sites excluding steroid dienone is 1. The van der Waals surface area contributed by atoms with Crippen molar-refractivity contribution in [2.45, 2.75) is 45.1 Å². The van der Waals surface area contributed by atoms with Gasteiger partial charge in [-0.25, -0.2) is 0 Å². The quantitative estimate of drug-likeness (QED) is 0.747. The Bertz CT molecular complexity index is 338. The van der Waals surface area contributed by atoms with E-state index in [0.717, 1.165) is 18.4 Å². The Morgan fingerprint density at radius 3 is 2.38 bits per heavy atom. The normalized spacial score (nSPS) is 13.5. The summed E-state index contributed by atoms with van der Waals surface area (Å²) in [7, 11) is 0. The van der Waals surface area contributed by atoms with Crippen molar-refractivity contribution in [3.8, 4) is 0 Å². The zero-order valence-corrected chi connectivity index (χ0v) is 10.5. The molecule has 1 atom stereocenters. The summed E-state index contributed by atoms with van der Waals surface area (Å²) in [5, 5.41) is 10.2. The molecule has 0 saturated heterocycles. The largest absolute Gasteiger partial charge is 0.392 e. The fourth-order valence-electron chi connectivity index (χ4n) is 1.80. The molecule has 0 aliphatic rings. The van der Waals surface area contributed by atoms with Gasteiger partial charge in [-0.2, -0.15) is 0 Å². The lowest BCUT2D eigenvalue weighted by molar-refractivity contribution is 0.0916. The van der Waals surface area contributed by atoms with E-state index >= 15 is 0 Å². The van der Waals surface area contributed by atoms with Gasteiger partial charge in [-0.05, 0) is 25.3 Å². The fourth-order valence-corrected chi connectivity index (χ4v) is 1.80. The Kier molecular flexibility index (Phi) is 4.31. The zero-order chi connectivity index (χ0) is 12.2. The Morgan fingerprint density at radius 2 is 1.88 bits per heavy atom. The predicted octanol–water partition coefficient (Wildman–Crippen LogP) is 3.68. The minimum Gasteiger partial charge on any atom is -0.392 e. The maximum atomic E-state index is 10.2. The highest BCUT2D eigenvalue weighted by molar-refractivity contribution is 5.25. The Balaban J connectivity index is 2.73. The predicted molar refractivity (Wildman–Crippen MR) is 69.5 cm³/mol. The van der Waals surface area contributed by atoms with Crippen molar-refractivity contribution in [3.63, 3.8) is 0 Å². The number of aliphatic hydroxyl groups excluding tert-OH is 1. The van der Waals surface area contributed by atoms with Gasteiger partial charge in [-0.1, -0.05) is 49.8 Å². The van der Waals surface area contributed by atoms with E-state index in [1.165, 1.54) is 5.56 Å². The minimum absolute atomic E-state index is 0.198. The SMILES string of the molecule is C=C(C)CCC(O)C(C)(C)c1ccccc1. The molecular weight excluding hydrogens is 196 g/mol. The highest BCUT2D eigenvalue weighted by Crippen LogP contribution is 2.29. The molecule has 0 radical (unpaired) electrons. The first-order valence-electron chi connectivity index (χ1n) is 5.82. The average Bonchev–Trinajstić information content (AvgIpc) is 2.27. The summed E-state index contributed by atoms with van der Waals surface area (Å²) >= 11 is 0. The van der Waals surface area contributed by atoms with Gasteiger partial charge in [-0.3, -0.25) is 0 Å². The van der Waals surface area contributed by atoms with Crippen LogP contribution in [0.15, 0.2) is 42.5 Å². The van der Waals surface area contributed by atoms with Gasteiger partial charge in [0.1, 0.15) is 0 Å². The van der Waals surface area contributed by atoms with E-state index < -0.39 is 0 Å². The standard InChI is InChI=1S/C15H22O/c1-12(2)10-11-14(16)15(3,4)13-8-6-5-7-9-13/h5-9,14,16H,1,10-11H2,2-4H3. The maximum Gasteiger partial charge on any atom is 0.0634 e. The number of hydrogen-bond acceptors (Lipinski definition) is 1. The lowest BCUT2D eigenvalue weighted by Crippen LogP contribution is -2.33. The Labute approximate surface area is 98.8 Å². The molecule has 0 aliphatic heterocycles. The number of benzene rings is 1. The topological polar surface area (TPSA) is 20.2 Å². The van der Waals surface area contributed by atoms with Crippen LogP contribution in [0.4, 0.5) is 0 Å². The van der Waals surface area contributed by atoms with Gasteiger partial charge in [0.25, 0.3) is 0 Å². The summed E-state index contributed by atoms with van der Waals surface area (Å²) in [6.07, 6.45) is 1.33. The van der Waals surface area contributed by atoms with Crippen molar-refractivity contribution < 1.29 is 5.11 Å². The molecule has 0 bridgehead atoms. The summed E-state index contributed by atoms with van der Waals surface area (Å²) in [4.78, 5) is 0. The van der Waals surface area contributed by atoms with E-state index in [0.29, 0.717) is 0 Å². The Hall–Kier alpha value is -1.08. The lowest BCUT2D eigenvalue weighted by Gasteiger charge is -2.31. The first kappa shape index (κ1) is 13.0. The van der Waals surface area contributed by atoms with Crippen molar-refractivity contribution in [2.75, 3.05) is 0 Å². The van der Waals surface area contributed by atoms with Crippen molar-refractivity contribution in [1.82, 2.24) is 0 Å². The first-order chi connectivity index (χ1) is 7.44. The van der Waals surface area contributed by atoms with Crippen LogP contribution < -0.4 is 0 Å². The van der Waals surface area contributed by atoms with Crippen LogP contribution in [0.3, 0.4) is 0 Å². The van der Waals surface area contributed by atoms with Crippen LogP contribution in [0.2, 0.25) is 0 Å². The van der Waals surface area contributed by atoms with Crippen molar-refractivity contribution in [1.29, 1.82) is 0 Å². The van der Waals surface area contributed by atoms with Crippen molar-refractivity contribution >= 4 is 0 Å². The molecule has 1 aromatic rings. The van der Waals surface area contributed by atoms with Gasteiger partial charge >= 0.3 is 0 Å². The molecule has 1 unspecified atom stereocenters. The third kappa shape index (κ3) is 3.21. The Morgan fingerprint density at radius 1 is 1.31 bits per heavy atom. The highest BCUT2D eigenvalue weighted by Gasteiger charge is 2.28. The van der Waals surface area contributed by atoms with Gasteiger partial charge < -0.3 is 5.11 Å². The summed E-state index contributed by atoms with van der Waals surface area (Å²) < 4.78 is 0. The second-order valence-electron chi connectivity index (χ2n) is 5.10. The van der Waals surface area contributed by atoms with E-state index in [9.17, 15) is 5.11 Å². The molecule has 0 saturated carbocycles. The maximum absolute atomic E-state index is 10.2. The van der Waals surface area contributed by atoms with Crippen LogP contribution >= 0.6 is 0 Å².